The van der Waals surface area contributed by atoms with E-state index in [0.717, 1.165) is 0 Å². The number of carbonyl (C=O) groups is 2. The fourth-order valence-corrected chi connectivity index (χ4v) is 1.12. The Hall–Kier alpha value is -1.75. The largest absolute Gasteiger partial charge is 0.507 e. The number of carbonyl (C=O) groups excluding carboxylic acids is 2. The van der Waals surface area contributed by atoms with Crippen molar-refractivity contribution in [2.24, 2.45) is 0 Å². The Labute approximate surface area is 97.0 Å². The number of nitrogens with one attached hydrogen (secondary N) is 1. The molecule has 0 aliphatic carbocycles. The average Bonchev–Trinajstić information content (AvgIpc) is 2.25. The monoisotopic (exact) mass is 243 g/mol. The lowest BCUT2D eigenvalue weighted by molar-refractivity contribution is -0.123. The summed E-state index contributed by atoms with van der Waals surface area (Å²) in [6.07, 6.45) is 0. The van der Waals surface area contributed by atoms with Crippen LogP contribution in [0.25, 0.3) is 0 Å². The maximum atomic E-state index is 11.4. The van der Waals surface area contributed by atoms with Gasteiger partial charge in [-0.2, -0.15) is 0 Å². The third kappa shape index (κ3) is 3.13. The van der Waals surface area contributed by atoms with Gasteiger partial charge in [0.15, 0.2) is 6.61 Å². The quantitative estimate of drug-likeness (QED) is 0.775. The normalized spacial score (nSPS) is 9.62. The highest BCUT2D eigenvalue weighted by molar-refractivity contribution is 6.30. The number of likely N-dealkylation sites (N-methyl/N-ethyl adjacent to an activating group) is 1. The van der Waals surface area contributed by atoms with Crippen molar-refractivity contribution >= 4 is 23.5 Å². The number of esters is 1. The number of benzene rings is 1. The fourth-order valence-electron chi connectivity index (χ4n) is 0.958. The van der Waals surface area contributed by atoms with Gasteiger partial charge in [0.2, 0.25) is 0 Å². The van der Waals surface area contributed by atoms with Crippen molar-refractivity contribution in [3.63, 3.8) is 0 Å². The molecule has 5 nitrogen and oxygen atoms in total. The van der Waals surface area contributed by atoms with Crippen LogP contribution < -0.4 is 5.32 Å². The lowest BCUT2D eigenvalue weighted by Crippen LogP contribution is -2.25. The van der Waals surface area contributed by atoms with E-state index in [1.807, 2.05) is 0 Å². The van der Waals surface area contributed by atoms with E-state index in [-0.39, 0.29) is 11.3 Å². The van der Waals surface area contributed by atoms with Gasteiger partial charge >= 0.3 is 5.97 Å². The zero-order valence-electron chi connectivity index (χ0n) is 8.49. The maximum absolute atomic E-state index is 11.4. The average molecular weight is 244 g/mol. The van der Waals surface area contributed by atoms with Gasteiger partial charge in [-0.25, -0.2) is 4.79 Å². The van der Waals surface area contributed by atoms with E-state index in [0.29, 0.717) is 5.02 Å². The van der Waals surface area contributed by atoms with Crippen molar-refractivity contribution in [2.75, 3.05) is 13.7 Å². The van der Waals surface area contributed by atoms with Crippen molar-refractivity contribution in [1.29, 1.82) is 0 Å². The molecule has 0 aliphatic heterocycles. The molecule has 0 saturated carbocycles. The van der Waals surface area contributed by atoms with Crippen molar-refractivity contribution in [2.45, 2.75) is 0 Å². The number of ether oxygens (including phenoxy) is 1. The topological polar surface area (TPSA) is 75.6 Å². The minimum Gasteiger partial charge on any atom is -0.507 e. The zero-order valence-corrected chi connectivity index (χ0v) is 9.25. The molecule has 0 heterocycles. The molecule has 0 aromatic heterocycles. The highest BCUT2D eigenvalue weighted by Gasteiger charge is 2.13. The third-order valence-corrected chi connectivity index (χ3v) is 2.03. The van der Waals surface area contributed by atoms with E-state index in [4.69, 9.17) is 11.6 Å². The molecule has 0 aliphatic rings. The van der Waals surface area contributed by atoms with Crippen LogP contribution in [0, 0.1) is 0 Å². The van der Waals surface area contributed by atoms with Gasteiger partial charge < -0.3 is 15.2 Å². The van der Waals surface area contributed by atoms with Crippen LogP contribution in [-0.2, 0) is 9.53 Å². The Kier molecular flexibility index (Phi) is 4.13. The Balaban J connectivity index is 2.70. The molecule has 2 N–H and O–H groups in total. The summed E-state index contributed by atoms with van der Waals surface area (Å²) in [5.74, 6) is -1.49. The summed E-state index contributed by atoms with van der Waals surface area (Å²) in [5.41, 5.74) is -0.0340. The molecule has 0 fully saturated rings. The minimum atomic E-state index is -0.780. The summed E-state index contributed by atoms with van der Waals surface area (Å²) < 4.78 is 4.65. The van der Waals surface area contributed by atoms with Crippen LogP contribution in [0.3, 0.4) is 0 Å². The van der Waals surface area contributed by atoms with Crippen LogP contribution in [0.4, 0.5) is 0 Å². The molecule has 1 aromatic rings. The summed E-state index contributed by atoms with van der Waals surface area (Å²) in [5, 5.41) is 12.0. The number of phenolic OH excluding ortho intramolecular Hbond substituents is 1. The highest BCUT2D eigenvalue weighted by Crippen LogP contribution is 2.22. The smallest absolute Gasteiger partial charge is 0.342 e. The predicted octanol–water partition coefficient (Wildman–Crippen LogP) is 0.948. The molecule has 16 heavy (non-hydrogen) atoms. The second-order valence-corrected chi connectivity index (χ2v) is 3.35. The molecule has 1 amide bonds. The molecule has 0 unspecified atom stereocenters. The van der Waals surface area contributed by atoms with Crippen molar-refractivity contribution < 1.29 is 19.4 Å². The highest BCUT2D eigenvalue weighted by atomic mass is 35.5. The maximum Gasteiger partial charge on any atom is 0.342 e. The van der Waals surface area contributed by atoms with Crippen LogP contribution in [0.15, 0.2) is 18.2 Å². The second-order valence-electron chi connectivity index (χ2n) is 2.91. The standard InChI is InChI=1S/C10H10ClNO4/c1-12-9(14)5-16-10(15)7-3-2-6(11)4-8(7)13/h2-4,13H,5H2,1H3,(H,12,14). The number of aromatic hydroxyl groups is 1. The molecular weight excluding hydrogens is 234 g/mol. The lowest BCUT2D eigenvalue weighted by Gasteiger charge is -2.05. The second kappa shape index (κ2) is 5.37. The van der Waals surface area contributed by atoms with E-state index >= 15 is 0 Å². The van der Waals surface area contributed by atoms with Gasteiger partial charge in [-0.15, -0.1) is 0 Å². The van der Waals surface area contributed by atoms with Crippen LogP contribution in [0.5, 0.6) is 5.75 Å². The van der Waals surface area contributed by atoms with Crippen LogP contribution in [0.2, 0.25) is 5.02 Å². The number of hydrogen-bond donors (Lipinski definition) is 2. The first-order chi connectivity index (χ1) is 7.54. The lowest BCUT2D eigenvalue weighted by atomic mass is 10.2. The van der Waals surface area contributed by atoms with E-state index in [1.54, 1.807) is 0 Å². The molecular formula is C10H10ClNO4. The number of phenols is 1. The summed E-state index contributed by atoms with van der Waals surface area (Å²) in [6.45, 7) is -0.391. The molecule has 6 heteroatoms. The number of halogens is 1. The Morgan fingerprint density at radius 1 is 1.50 bits per heavy atom. The molecule has 1 rings (SSSR count). The van der Waals surface area contributed by atoms with Crippen molar-refractivity contribution in [1.82, 2.24) is 5.32 Å². The molecule has 0 spiro atoms. The molecule has 1 aromatic carbocycles. The predicted molar refractivity (Wildman–Crippen MR) is 57.5 cm³/mol. The van der Waals surface area contributed by atoms with E-state index in [9.17, 15) is 14.7 Å². The minimum absolute atomic E-state index is 0.0340. The third-order valence-electron chi connectivity index (χ3n) is 1.79. The van der Waals surface area contributed by atoms with Gasteiger partial charge in [-0.1, -0.05) is 11.6 Å². The van der Waals surface area contributed by atoms with Gasteiger partial charge in [-0.05, 0) is 18.2 Å². The first-order valence-electron chi connectivity index (χ1n) is 4.41. The summed E-state index contributed by atoms with van der Waals surface area (Å²) >= 11 is 5.60. The molecule has 0 atom stereocenters. The number of rotatable bonds is 3. The molecule has 0 bridgehead atoms. The van der Waals surface area contributed by atoms with E-state index < -0.39 is 18.5 Å². The number of amides is 1. The zero-order chi connectivity index (χ0) is 12.1. The first kappa shape index (κ1) is 12.3. The summed E-state index contributed by atoms with van der Waals surface area (Å²) in [4.78, 5) is 22.2. The molecule has 0 saturated heterocycles. The van der Waals surface area contributed by atoms with Gasteiger partial charge in [0.05, 0.1) is 0 Å². The van der Waals surface area contributed by atoms with Gasteiger partial charge in [-0.3, -0.25) is 4.79 Å². The van der Waals surface area contributed by atoms with Crippen LogP contribution in [0.1, 0.15) is 10.4 Å². The fraction of sp³-hybridized carbons (Fsp3) is 0.200. The van der Waals surface area contributed by atoms with E-state index in [1.165, 1.54) is 25.2 Å². The first-order valence-corrected chi connectivity index (χ1v) is 4.78. The summed E-state index contributed by atoms with van der Waals surface area (Å²) in [7, 11) is 1.43. The molecule has 86 valence electrons. The van der Waals surface area contributed by atoms with Gasteiger partial charge in [0.1, 0.15) is 11.3 Å². The SMILES string of the molecule is CNC(=O)COC(=O)c1ccc(Cl)cc1O. The van der Waals surface area contributed by atoms with Crippen molar-refractivity contribution in [3.8, 4) is 5.75 Å². The Morgan fingerprint density at radius 3 is 2.75 bits per heavy atom. The molecule has 0 radical (unpaired) electrons. The van der Waals surface area contributed by atoms with Crippen molar-refractivity contribution in [3.05, 3.63) is 28.8 Å². The number of hydrogen-bond acceptors (Lipinski definition) is 4. The van der Waals surface area contributed by atoms with Crippen LogP contribution >= 0.6 is 11.6 Å². The van der Waals surface area contributed by atoms with Gasteiger partial charge in [0.25, 0.3) is 5.91 Å². The van der Waals surface area contributed by atoms with E-state index in [2.05, 4.69) is 10.1 Å². The summed E-state index contributed by atoms with van der Waals surface area (Å²) in [6, 6.07) is 3.99. The van der Waals surface area contributed by atoms with Crippen LogP contribution in [-0.4, -0.2) is 30.6 Å². The Morgan fingerprint density at radius 2 is 2.19 bits per heavy atom. The van der Waals surface area contributed by atoms with Gasteiger partial charge in [0, 0.05) is 12.1 Å². The Bertz CT molecular complexity index is 419.